The smallest absolute Gasteiger partial charge is 0.356 e. The second-order valence-electron chi connectivity index (χ2n) is 6.92. The third-order valence-electron chi connectivity index (χ3n) is 5.11. The zero-order valence-corrected chi connectivity index (χ0v) is 17.4. The number of hydrogen-bond acceptors (Lipinski definition) is 5. The van der Waals surface area contributed by atoms with E-state index in [1.807, 2.05) is 24.3 Å². The Morgan fingerprint density at radius 3 is 2.61 bits per heavy atom. The number of pyridine rings is 1. The highest BCUT2D eigenvalue weighted by molar-refractivity contribution is 5.92. The lowest BCUT2D eigenvalue weighted by molar-refractivity contribution is 0.0593. The van der Waals surface area contributed by atoms with Crippen molar-refractivity contribution in [2.45, 2.75) is 6.42 Å². The van der Waals surface area contributed by atoms with Gasteiger partial charge in [-0.05, 0) is 48.0 Å². The molecule has 2 aromatic heterocycles. The molecule has 0 amide bonds. The number of nitrogens with one attached hydrogen (secondary N) is 1. The van der Waals surface area contributed by atoms with Crippen molar-refractivity contribution in [3.8, 4) is 22.8 Å². The zero-order chi connectivity index (χ0) is 22.0. The topological polar surface area (TPSA) is 73.4 Å². The third kappa shape index (κ3) is 3.94. The second kappa shape index (κ2) is 8.47. The van der Waals surface area contributed by atoms with E-state index in [-0.39, 0.29) is 11.4 Å². The van der Waals surface area contributed by atoms with Crippen molar-refractivity contribution in [2.24, 2.45) is 0 Å². The number of rotatable bonds is 6. The van der Waals surface area contributed by atoms with E-state index < -0.39 is 11.8 Å². The molecule has 0 fully saturated rings. The highest BCUT2D eigenvalue weighted by atomic mass is 19.1. The molecule has 158 valence electrons. The lowest BCUT2D eigenvalue weighted by Gasteiger charge is -2.09. The van der Waals surface area contributed by atoms with Gasteiger partial charge in [0.05, 0.1) is 27.0 Å². The number of esters is 1. The summed E-state index contributed by atoms with van der Waals surface area (Å²) in [5.41, 5.74) is 4.36. The van der Waals surface area contributed by atoms with E-state index in [9.17, 15) is 9.18 Å². The lowest BCUT2D eigenvalue weighted by atomic mass is 10.0. The molecule has 0 atom stereocenters. The summed E-state index contributed by atoms with van der Waals surface area (Å²) in [6.45, 7) is 0. The summed E-state index contributed by atoms with van der Waals surface area (Å²) in [5, 5.41) is 0.976. The van der Waals surface area contributed by atoms with Crippen LogP contribution in [0.4, 0.5) is 4.39 Å². The van der Waals surface area contributed by atoms with E-state index in [0.717, 1.165) is 27.7 Å². The molecular weight excluding hydrogens is 399 g/mol. The van der Waals surface area contributed by atoms with Crippen LogP contribution in [0.3, 0.4) is 0 Å². The summed E-state index contributed by atoms with van der Waals surface area (Å²) in [5.74, 6) is -0.0492. The number of hydrogen-bond donors (Lipinski definition) is 1. The number of benzene rings is 2. The summed E-state index contributed by atoms with van der Waals surface area (Å²) < 4.78 is 29.3. The molecule has 4 rings (SSSR count). The minimum Gasteiger partial charge on any atom is -0.497 e. The molecule has 0 spiro atoms. The van der Waals surface area contributed by atoms with Crippen LogP contribution in [-0.4, -0.2) is 37.3 Å². The number of fused-ring (bicyclic) bond motifs is 1. The van der Waals surface area contributed by atoms with E-state index in [0.29, 0.717) is 17.9 Å². The second-order valence-corrected chi connectivity index (χ2v) is 6.92. The molecule has 0 unspecified atom stereocenters. The van der Waals surface area contributed by atoms with Gasteiger partial charge in [-0.2, -0.15) is 0 Å². The van der Waals surface area contributed by atoms with Gasteiger partial charge in [-0.1, -0.05) is 6.07 Å². The van der Waals surface area contributed by atoms with Crippen LogP contribution in [0.2, 0.25) is 0 Å². The number of nitrogens with zero attached hydrogens (tertiary/aromatic N) is 1. The molecule has 2 aromatic carbocycles. The van der Waals surface area contributed by atoms with E-state index >= 15 is 0 Å². The van der Waals surface area contributed by atoms with Crippen molar-refractivity contribution in [2.75, 3.05) is 21.3 Å². The van der Waals surface area contributed by atoms with E-state index in [4.69, 9.17) is 14.2 Å². The number of aromatic amines is 1. The zero-order valence-electron chi connectivity index (χ0n) is 17.4. The van der Waals surface area contributed by atoms with Crippen molar-refractivity contribution in [3.05, 3.63) is 77.4 Å². The molecule has 6 nitrogen and oxygen atoms in total. The Morgan fingerprint density at radius 1 is 1.03 bits per heavy atom. The molecule has 0 aliphatic carbocycles. The normalized spacial score (nSPS) is 10.8. The predicted octanol–water partition coefficient (Wildman–Crippen LogP) is 4.76. The van der Waals surface area contributed by atoms with E-state index in [1.165, 1.54) is 20.3 Å². The van der Waals surface area contributed by atoms with Gasteiger partial charge in [0.15, 0.2) is 11.6 Å². The fourth-order valence-corrected chi connectivity index (χ4v) is 3.58. The molecule has 31 heavy (non-hydrogen) atoms. The molecule has 7 heteroatoms. The molecule has 0 saturated carbocycles. The minimum absolute atomic E-state index is 0.158. The average molecular weight is 420 g/mol. The van der Waals surface area contributed by atoms with Crippen LogP contribution in [0, 0.1) is 5.82 Å². The first-order chi connectivity index (χ1) is 15.0. The van der Waals surface area contributed by atoms with Crippen molar-refractivity contribution < 1.29 is 23.4 Å². The van der Waals surface area contributed by atoms with Gasteiger partial charge in [-0.15, -0.1) is 0 Å². The fraction of sp³-hybridized carbons (Fsp3) is 0.167. The number of methoxy groups -OCH3 is 3. The summed E-state index contributed by atoms with van der Waals surface area (Å²) in [6.07, 6.45) is 0.451. The number of halogens is 1. The van der Waals surface area contributed by atoms with Crippen LogP contribution >= 0.6 is 0 Å². The molecular formula is C24H21FN2O4. The summed E-state index contributed by atoms with van der Waals surface area (Å²) in [6, 6.07) is 15.7. The number of carbonyl (C=O) groups excluding carboxylic acids is 1. The SMILES string of the molecule is COC(=O)c1cccc(Cc2c(-c3ccc(F)c(OC)c3)[nH]c3cc(OC)ccc23)n1. The van der Waals surface area contributed by atoms with Gasteiger partial charge in [-0.25, -0.2) is 14.2 Å². The highest BCUT2D eigenvalue weighted by Gasteiger charge is 2.17. The van der Waals surface area contributed by atoms with Crippen LogP contribution in [-0.2, 0) is 11.2 Å². The number of H-pyrrole nitrogens is 1. The van der Waals surface area contributed by atoms with Crippen LogP contribution in [0.5, 0.6) is 11.5 Å². The number of aromatic nitrogens is 2. The van der Waals surface area contributed by atoms with Gasteiger partial charge >= 0.3 is 5.97 Å². The van der Waals surface area contributed by atoms with Crippen LogP contribution in [0.15, 0.2) is 54.6 Å². The standard InChI is InChI=1S/C24H21FN2O4/c1-29-16-8-9-17-18(12-15-5-4-6-20(26-15)24(28)31-3)23(27-21(17)13-16)14-7-10-19(25)22(11-14)30-2/h4-11,13,27H,12H2,1-3H3. The van der Waals surface area contributed by atoms with Gasteiger partial charge in [0.25, 0.3) is 0 Å². The first kappa shape index (κ1) is 20.4. The van der Waals surface area contributed by atoms with Crippen molar-refractivity contribution >= 4 is 16.9 Å². The molecule has 0 bridgehead atoms. The monoisotopic (exact) mass is 420 g/mol. The van der Waals surface area contributed by atoms with Crippen molar-refractivity contribution in [1.82, 2.24) is 9.97 Å². The minimum atomic E-state index is -0.492. The first-order valence-corrected chi connectivity index (χ1v) is 9.60. The summed E-state index contributed by atoms with van der Waals surface area (Å²) in [7, 11) is 4.37. The van der Waals surface area contributed by atoms with Crippen molar-refractivity contribution in [3.63, 3.8) is 0 Å². The summed E-state index contributed by atoms with van der Waals surface area (Å²) in [4.78, 5) is 19.7. The maximum absolute atomic E-state index is 14.0. The highest BCUT2D eigenvalue weighted by Crippen LogP contribution is 2.35. The Kier molecular flexibility index (Phi) is 5.58. The molecule has 0 aliphatic heterocycles. The van der Waals surface area contributed by atoms with Gasteiger partial charge < -0.3 is 19.2 Å². The average Bonchev–Trinajstić information content (AvgIpc) is 3.16. The first-order valence-electron chi connectivity index (χ1n) is 9.60. The maximum Gasteiger partial charge on any atom is 0.356 e. The molecule has 0 saturated heterocycles. The van der Waals surface area contributed by atoms with E-state index in [1.54, 1.807) is 31.4 Å². The van der Waals surface area contributed by atoms with Gasteiger partial charge in [0.1, 0.15) is 11.4 Å². The third-order valence-corrected chi connectivity index (χ3v) is 5.11. The molecule has 0 radical (unpaired) electrons. The maximum atomic E-state index is 14.0. The Morgan fingerprint density at radius 2 is 1.87 bits per heavy atom. The molecule has 2 heterocycles. The Labute approximate surface area is 178 Å². The van der Waals surface area contributed by atoms with Crippen LogP contribution < -0.4 is 9.47 Å². The van der Waals surface area contributed by atoms with E-state index in [2.05, 4.69) is 9.97 Å². The van der Waals surface area contributed by atoms with Gasteiger partial charge in [0.2, 0.25) is 0 Å². The number of ether oxygens (including phenoxy) is 3. The number of carbonyl (C=O) groups is 1. The molecule has 4 aromatic rings. The predicted molar refractivity (Wildman–Crippen MR) is 115 cm³/mol. The molecule has 0 aliphatic rings. The lowest BCUT2D eigenvalue weighted by Crippen LogP contribution is -2.06. The molecule has 1 N–H and O–H groups in total. The van der Waals surface area contributed by atoms with Gasteiger partial charge in [-0.3, -0.25) is 0 Å². The van der Waals surface area contributed by atoms with Crippen molar-refractivity contribution in [1.29, 1.82) is 0 Å². The summed E-state index contributed by atoms with van der Waals surface area (Å²) >= 11 is 0. The Hall–Kier alpha value is -3.87. The Bertz CT molecular complexity index is 1270. The Balaban J connectivity index is 1.87. The van der Waals surface area contributed by atoms with Gasteiger partial charge in [0, 0.05) is 34.6 Å². The van der Waals surface area contributed by atoms with Crippen LogP contribution in [0.1, 0.15) is 21.7 Å². The fourth-order valence-electron chi connectivity index (χ4n) is 3.58. The largest absolute Gasteiger partial charge is 0.497 e. The van der Waals surface area contributed by atoms with Crippen LogP contribution in [0.25, 0.3) is 22.2 Å². The quantitative estimate of drug-likeness (QED) is 0.455.